The summed E-state index contributed by atoms with van der Waals surface area (Å²) in [4.78, 5) is 40.6. The number of benzene rings is 1. The van der Waals surface area contributed by atoms with Crippen LogP contribution in [0, 0.1) is 0 Å². The molecule has 1 aromatic carbocycles. The van der Waals surface area contributed by atoms with Gasteiger partial charge in [-0.15, -0.1) is 0 Å². The first-order chi connectivity index (χ1) is 14.1. The summed E-state index contributed by atoms with van der Waals surface area (Å²) in [5.41, 5.74) is 2.04. The van der Waals surface area contributed by atoms with Gasteiger partial charge in [-0.1, -0.05) is 12.1 Å². The Morgan fingerprint density at radius 3 is 2.62 bits per heavy atom. The normalized spacial score (nSPS) is 23.4. The molecular formula is C21H25N3O4S. The lowest BCUT2D eigenvalue weighted by molar-refractivity contribution is -0.129. The summed E-state index contributed by atoms with van der Waals surface area (Å²) in [6.07, 6.45) is 6.08. The van der Waals surface area contributed by atoms with Crippen LogP contribution >= 0.6 is 11.8 Å². The molecule has 3 aliphatic heterocycles. The molecule has 1 aromatic rings. The van der Waals surface area contributed by atoms with Crippen molar-refractivity contribution in [3.05, 3.63) is 34.7 Å². The highest BCUT2D eigenvalue weighted by molar-refractivity contribution is 8.18. The summed E-state index contributed by atoms with van der Waals surface area (Å²) in [5.74, 6) is -0.769. The van der Waals surface area contributed by atoms with Crippen LogP contribution in [-0.4, -0.2) is 60.8 Å². The number of imide groups is 1. The van der Waals surface area contributed by atoms with Gasteiger partial charge in [-0.05, 0) is 61.2 Å². The summed E-state index contributed by atoms with van der Waals surface area (Å²) < 4.78 is 5.46. The molecule has 1 N–H and O–H groups in total. The second-order valence-corrected chi connectivity index (χ2v) is 8.49. The molecule has 3 heterocycles. The summed E-state index contributed by atoms with van der Waals surface area (Å²) in [6.45, 7) is 3.02. The van der Waals surface area contributed by atoms with E-state index < -0.39 is 11.1 Å². The van der Waals surface area contributed by atoms with Crippen molar-refractivity contribution in [1.29, 1.82) is 0 Å². The predicted octanol–water partition coefficient (Wildman–Crippen LogP) is 2.62. The molecule has 3 amide bonds. The third-order valence-electron chi connectivity index (χ3n) is 5.39. The Kier molecular flexibility index (Phi) is 6.20. The molecule has 0 spiro atoms. The predicted molar refractivity (Wildman–Crippen MR) is 113 cm³/mol. The number of hydrogen-bond acceptors (Lipinski definition) is 6. The van der Waals surface area contributed by atoms with E-state index in [1.54, 1.807) is 6.08 Å². The molecule has 29 heavy (non-hydrogen) atoms. The molecule has 0 unspecified atom stereocenters. The van der Waals surface area contributed by atoms with E-state index in [1.807, 2.05) is 24.3 Å². The van der Waals surface area contributed by atoms with E-state index in [1.165, 1.54) is 18.5 Å². The van der Waals surface area contributed by atoms with Crippen molar-refractivity contribution in [2.24, 2.45) is 0 Å². The van der Waals surface area contributed by atoms with Gasteiger partial charge in [0.05, 0.1) is 11.0 Å². The van der Waals surface area contributed by atoms with Crippen LogP contribution in [0.25, 0.3) is 6.08 Å². The van der Waals surface area contributed by atoms with Gasteiger partial charge >= 0.3 is 0 Å². The Hall–Kier alpha value is -2.32. The fourth-order valence-corrected chi connectivity index (χ4v) is 4.62. The van der Waals surface area contributed by atoms with Crippen molar-refractivity contribution in [3.63, 3.8) is 0 Å². The molecule has 0 aliphatic carbocycles. The first-order valence-electron chi connectivity index (χ1n) is 10.1. The summed E-state index contributed by atoms with van der Waals surface area (Å²) in [6, 6.07) is 7.99. The number of carbonyl (C=O) groups excluding carboxylic acids is 3. The van der Waals surface area contributed by atoms with Gasteiger partial charge in [0.25, 0.3) is 11.1 Å². The molecule has 3 aliphatic rings. The number of hydrogen-bond donors (Lipinski definition) is 1. The molecule has 0 bridgehead atoms. The van der Waals surface area contributed by atoms with Crippen LogP contribution in [0.3, 0.4) is 0 Å². The van der Waals surface area contributed by atoms with Crippen LogP contribution in [0.4, 0.5) is 10.5 Å². The second-order valence-electron chi connectivity index (χ2n) is 7.49. The van der Waals surface area contributed by atoms with E-state index in [0.717, 1.165) is 48.2 Å². The minimum atomic E-state index is -0.420. The van der Waals surface area contributed by atoms with Gasteiger partial charge in [-0.2, -0.15) is 0 Å². The van der Waals surface area contributed by atoms with Gasteiger partial charge in [0, 0.05) is 31.9 Å². The lowest BCUT2D eigenvalue weighted by atomic mass is 10.2. The van der Waals surface area contributed by atoms with E-state index in [4.69, 9.17) is 4.74 Å². The van der Waals surface area contributed by atoms with Crippen LogP contribution in [-0.2, 0) is 14.3 Å². The minimum absolute atomic E-state index is 0.0253. The number of rotatable bonds is 6. The Balaban J connectivity index is 1.34. The lowest BCUT2D eigenvalue weighted by Crippen LogP contribution is -2.41. The van der Waals surface area contributed by atoms with Crippen molar-refractivity contribution in [2.75, 3.05) is 37.7 Å². The molecule has 4 rings (SSSR count). The van der Waals surface area contributed by atoms with E-state index in [9.17, 15) is 14.4 Å². The molecule has 0 saturated carbocycles. The number of ether oxygens (including phenoxy) is 1. The van der Waals surface area contributed by atoms with Crippen molar-refractivity contribution in [2.45, 2.75) is 31.8 Å². The molecule has 3 saturated heterocycles. The lowest BCUT2D eigenvalue weighted by Gasteiger charge is -2.17. The molecule has 3 fully saturated rings. The fraction of sp³-hybridized carbons (Fsp3) is 0.476. The fourth-order valence-electron chi connectivity index (χ4n) is 3.78. The highest BCUT2D eigenvalue weighted by atomic mass is 32.2. The standard InChI is InChI=1S/C21H25N3O4S/c25-19(22-13-17-4-3-11-28-17)14-24-20(26)18(29-21(24)27)12-15-5-7-16(8-6-15)23-9-1-2-10-23/h5-8,12,17H,1-4,9-11,13-14H2,(H,22,25)/b18-12-/t17-/m1/s1. The summed E-state index contributed by atoms with van der Waals surface area (Å²) in [5, 5.41) is 2.33. The highest BCUT2D eigenvalue weighted by Crippen LogP contribution is 2.32. The smallest absolute Gasteiger partial charge is 0.294 e. The van der Waals surface area contributed by atoms with Gasteiger partial charge in [0.15, 0.2) is 0 Å². The molecule has 8 heteroatoms. The zero-order chi connectivity index (χ0) is 20.2. The third-order valence-corrected chi connectivity index (χ3v) is 6.30. The Morgan fingerprint density at radius 1 is 1.17 bits per heavy atom. The van der Waals surface area contributed by atoms with Gasteiger partial charge in [0.2, 0.25) is 5.91 Å². The third kappa shape index (κ3) is 4.82. The van der Waals surface area contributed by atoms with Crippen LogP contribution in [0.2, 0.25) is 0 Å². The number of nitrogens with zero attached hydrogens (tertiary/aromatic N) is 2. The maximum absolute atomic E-state index is 12.6. The summed E-state index contributed by atoms with van der Waals surface area (Å²) in [7, 11) is 0. The van der Waals surface area contributed by atoms with Crippen molar-refractivity contribution in [3.8, 4) is 0 Å². The zero-order valence-corrected chi connectivity index (χ0v) is 17.1. The van der Waals surface area contributed by atoms with Crippen molar-refractivity contribution < 1.29 is 19.1 Å². The van der Waals surface area contributed by atoms with Crippen LogP contribution in [0.15, 0.2) is 29.2 Å². The molecule has 1 atom stereocenters. The van der Waals surface area contributed by atoms with E-state index in [0.29, 0.717) is 18.1 Å². The van der Waals surface area contributed by atoms with Crippen LogP contribution in [0.5, 0.6) is 0 Å². The van der Waals surface area contributed by atoms with Gasteiger partial charge in [-0.25, -0.2) is 0 Å². The largest absolute Gasteiger partial charge is 0.376 e. The molecule has 0 aromatic heterocycles. The van der Waals surface area contributed by atoms with Gasteiger partial charge in [-0.3, -0.25) is 19.3 Å². The van der Waals surface area contributed by atoms with Crippen molar-refractivity contribution in [1.82, 2.24) is 10.2 Å². The maximum Gasteiger partial charge on any atom is 0.294 e. The first kappa shape index (κ1) is 20.0. The van der Waals surface area contributed by atoms with Gasteiger partial charge < -0.3 is 15.0 Å². The van der Waals surface area contributed by atoms with Crippen LogP contribution < -0.4 is 10.2 Å². The monoisotopic (exact) mass is 415 g/mol. The minimum Gasteiger partial charge on any atom is -0.376 e. The molecule has 154 valence electrons. The van der Waals surface area contributed by atoms with E-state index in [2.05, 4.69) is 10.2 Å². The number of anilines is 1. The Labute approximate surface area is 174 Å². The highest BCUT2D eigenvalue weighted by Gasteiger charge is 2.36. The quantitative estimate of drug-likeness (QED) is 0.720. The van der Waals surface area contributed by atoms with Crippen LogP contribution in [0.1, 0.15) is 31.2 Å². The number of thioether (sulfide) groups is 1. The Morgan fingerprint density at radius 2 is 1.93 bits per heavy atom. The Bertz CT molecular complexity index is 812. The SMILES string of the molecule is O=C(CN1C(=O)S/C(=C\c2ccc(N3CCCC3)cc2)C1=O)NC[C@H]1CCCO1. The molecule has 7 nitrogen and oxygen atoms in total. The molecule has 0 radical (unpaired) electrons. The van der Waals surface area contributed by atoms with E-state index >= 15 is 0 Å². The number of nitrogens with one attached hydrogen (secondary N) is 1. The zero-order valence-electron chi connectivity index (χ0n) is 16.3. The van der Waals surface area contributed by atoms with E-state index in [-0.39, 0.29) is 18.6 Å². The number of amides is 3. The number of carbonyl (C=O) groups is 3. The second kappa shape index (κ2) is 9.00. The maximum atomic E-state index is 12.6. The average Bonchev–Trinajstić information content (AvgIpc) is 3.47. The van der Waals surface area contributed by atoms with Gasteiger partial charge in [0.1, 0.15) is 6.54 Å². The molecular weight excluding hydrogens is 390 g/mol. The topological polar surface area (TPSA) is 79.0 Å². The average molecular weight is 416 g/mol. The van der Waals surface area contributed by atoms with Crippen molar-refractivity contribution >= 4 is 40.6 Å². The first-order valence-corrected chi connectivity index (χ1v) is 10.9. The summed E-state index contributed by atoms with van der Waals surface area (Å²) >= 11 is 0.875.